The van der Waals surface area contributed by atoms with Gasteiger partial charge >= 0.3 is 0 Å². The molecule has 7 nitrogen and oxygen atoms in total. The zero-order valence-electron chi connectivity index (χ0n) is 17.1. The van der Waals surface area contributed by atoms with Crippen LogP contribution in [-0.2, 0) is 12.6 Å². The first-order valence-electron chi connectivity index (χ1n) is 9.40. The molecule has 0 aliphatic heterocycles. The minimum Gasteiger partial charge on any atom is -0.489 e. The van der Waals surface area contributed by atoms with Crippen molar-refractivity contribution in [3.8, 4) is 5.75 Å². The summed E-state index contributed by atoms with van der Waals surface area (Å²) in [5, 5.41) is 21.3. The number of nitrogens with zero attached hydrogens (tertiary/aromatic N) is 3. The Hall–Kier alpha value is -1.81. The van der Waals surface area contributed by atoms with Crippen molar-refractivity contribution in [1.29, 1.82) is 0 Å². The maximum absolute atomic E-state index is 10.7. The fourth-order valence-electron chi connectivity index (χ4n) is 2.54. The molecule has 2 atom stereocenters. The third-order valence-corrected chi connectivity index (χ3v) is 4.21. The van der Waals surface area contributed by atoms with Crippen LogP contribution in [0.5, 0.6) is 5.75 Å². The molecular weight excluding hydrogens is 469 g/mol. The highest BCUT2D eigenvalue weighted by Gasteiger charge is 2.24. The van der Waals surface area contributed by atoms with Gasteiger partial charge in [-0.3, -0.25) is 4.68 Å². The van der Waals surface area contributed by atoms with Crippen LogP contribution in [0, 0.1) is 0 Å². The average molecular weight is 501 g/mol. The summed E-state index contributed by atoms with van der Waals surface area (Å²) < 4.78 is 7.67. The third-order valence-electron chi connectivity index (χ3n) is 4.21. The number of halogens is 1. The first-order chi connectivity index (χ1) is 12.9. The molecule has 1 heterocycles. The maximum Gasteiger partial charge on any atom is 0.191 e. The fourth-order valence-corrected chi connectivity index (χ4v) is 2.54. The Balaban J connectivity index is 0.00000392. The molecule has 3 N–H and O–H groups in total. The minimum absolute atomic E-state index is 0. The highest BCUT2D eigenvalue weighted by atomic mass is 127. The van der Waals surface area contributed by atoms with E-state index in [4.69, 9.17) is 4.74 Å². The summed E-state index contributed by atoms with van der Waals surface area (Å²) in [6.07, 6.45) is 4.36. The van der Waals surface area contributed by atoms with Crippen molar-refractivity contribution < 1.29 is 9.84 Å². The molecule has 2 rings (SSSR count). The summed E-state index contributed by atoms with van der Waals surface area (Å²) in [5.74, 6) is 1.50. The molecule has 0 saturated heterocycles. The van der Waals surface area contributed by atoms with Crippen LogP contribution in [0.4, 0.5) is 0 Å². The van der Waals surface area contributed by atoms with Crippen molar-refractivity contribution in [2.75, 3.05) is 19.6 Å². The topological polar surface area (TPSA) is 83.7 Å². The van der Waals surface area contributed by atoms with Crippen molar-refractivity contribution in [3.63, 3.8) is 0 Å². The number of aliphatic hydroxyl groups is 1. The molecule has 8 heteroatoms. The average Bonchev–Trinajstić information content (AvgIpc) is 3.11. The van der Waals surface area contributed by atoms with E-state index in [2.05, 4.69) is 27.6 Å². The molecular formula is C20H32IN5O2. The van der Waals surface area contributed by atoms with Crippen LogP contribution < -0.4 is 15.4 Å². The molecule has 0 fully saturated rings. The monoisotopic (exact) mass is 501 g/mol. The van der Waals surface area contributed by atoms with E-state index in [0.717, 1.165) is 24.3 Å². The lowest BCUT2D eigenvalue weighted by atomic mass is 10.0. The van der Waals surface area contributed by atoms with Gasteiger partial charge in [-0.15, -0.1) is 24.0 Å². The number of ether oxygens (including phenoxy) is 1. The van der Waals surface area contributed by atoms with Crippen LogP contribution in [0.1, 0.15) is 32.8 Å². The van der Waals surface area contributed by atoms with E-state index < -0.39 is 5.60 Å². The largest absolute Gasteiger partial charge is 0.489 e. The molecule has 0 bridgehead atoms. The van der Waals surface area contributed by atoms with Crippen molar-refractivity contribution in [2.24, 2.45) is 12.0 Å². The summed E-state index contributed by atoms with van der Waals surface area (Å²) in [6.45, 7) is 7.42. The second kappa shape index (κ2) is 11.9. The number of benzene rings is 1. The van der Waals surface area contributed by atoms with Gasteiger partial charge < -0.3 is 20.5 Å². The van der Waals surface area contributed by atoms with Crippen molar-refractivity contribution in [3.05, 3.63) is 48.3 Å². The Labute approximate surface area is 184 Å². The van der Waals surface area contributed by atoms with Crippen molar-refractivity contribution in [1.82, 2.24) is 20.4 Å². The summed E-state index contributed by atoms with van der Waals surface area (Å²) >= 11 is 0. The number of nitrogens with one attached hydrogen (secondary N) is 2. The van der Waals surface area contributed by atoms with Gasteiger partial charge in [-0.1, -0.05) is 25.1 Å². The number of guanidine groups is 1. The van der Waals surface area contributed by atoms with E-state index >= 15 is 0 Å². The molecule has 2 aromatic rings. The lowest BCUT2D eigenvalue weighted by molar-refractivity contribution is 0.0671. The Morgan fingerprint density at radius 2 is 2.00 bits per heavy atom. The molecule has 0 radical (unpaired) electrons. The lowest BCUT2D eigenvalue weighted by Crippen LogP contribution is -2.43. The van der Waals surface area contributed by atoms with Crippen LogP contribution in [0.15, 0.2) is 47.7 Å². The first-order valence-corrected chi connectivity index (χ1v) is 9.40. The Bertz CT molecular complexity index is 718. The lowest BCUT2D eigenvalue weighted by Gasteiger charge is -2.22. The summed E-state index contributed by atoms with van der Waals surface area (Å²) in [6, 6.07) is 9.79. The second-order valence-corrected chi connectivity index (χ2v) is 6.71. The molecule has 1 aromatic carbocycles. The van der Waals surface area contributed by atoms with Crippen LogP contribution in [0.3, 0.4) is 0 Å². The summed E-state index contributed by atoms with van der Waals surface area (Å²) in [4.78, 5) is 4.54. The third kappa shape index (κ3) is 7.67. The highest BCUT2D eigenvalue weighted by molar-refractivity contribution is 14.0. The minimum atomic E-state index is -1.08. The number of aromatic nitrogens is 2. The quantitative estimate of drug-likeness (QED) is 0.280. The number of rotatable bonds is 9. The Morgan fingerprint density at radius 3 is 2.57 bits per heavy atom. The van der Waals surface area contributed by atoms with Crippen molar-refractivity contribution in [2.45, 2.75) is 38.9 Å². The van der Waals surface area contributed by atoms with Crippen molar-refractivity contribution >= 4 is 29.9 Å². The van der Waals surface area contributed by atoms with Gasteiger partial charge in [-0.25, -0.2) is 4.99 Å². The van der Waals surface area contributed by atoms with Gasteiger partial charge in [-0.05, 0) is 32.4 Å². The van der Waals surface area contributed by atoms with E-state index in [1.54, 1.807) is 24.0 Å². The van der Waals surface area contributed by atoms with E-state index in [1.807, 2.05) is 44.3 Å². The summed E-state index contributed by atoms with van der Waals surface area (Å²) in [7, 11) is 1.83. The van der Waals surface area contributed by atoms with Gasteiger partial charge in [0, 0.05) is 25.4 Å². The molecule has 0 aliphatic rings. The van der Waals surface area contributed by atoms with Gasteiger partial charge in [-0.2, -0.15) is 5.10 Å². The van der Waals surface area contributed by atoms with E-state index in [0.29, 0.717) is 12.5 Å². The first kappa shape index (κ1) is 24.2. The zero-order valence-corrected chi connectivity index (χ0v) is 19.4. The number of aliphatic imine (C=N–C) groups is 1. The molecule has 2 unspecified atom stereocenters. The van der Waals surface area contributed by atoms with Crippen LogP contribution in [0.2, 0.25) is 0 Å². The maximum atomic E-state index is 10.7. The van der Waals surface area contributed by atoms with Gasteiger partial charge in [0.2, 0.25) is 0 Å². The van der Waals surface area contributed by atoms with Crippen LogP contribution >= 0.6 is 24.0 Å². The SMILES string of the molecule is CCNC(=NCC(C)(O)c1cnn(C)c1)NCC(CC)Oc1ccccc1.I. The predicted octanol–water partition coefficient (Wildman–Crippen LogP) is 2.66. The zero-order chi connectivity index (χ0) is 19.7. The molecule has 0 aliphatic carbocycles. The number of aryl methyl sites for hydroxylation is 1. The van der Waals surface area contributed by atoms with Crippen LogP contribution in [-0.4, -0.2) is 46.6 Å². The fraction of sp³-hybridized carbons (Fsp3) is 0.500. The Kier molecular flexibility index (Phi) is 10.3. The highest BCUT2D eigenvalue weighted by Crippen LogP contribution is 2.19. The molecule has 1 aromatic heterocycles. The number of hydrogen-bond acceptors (Lipinski definition) is 4. The standard InChI is InChI=1S/C20H31N5O2.HI/c1-5-17(27-18-10-8-7-9-11-18)13-22-19(21-6-2)23-15-20(3,26)16-12-24-25(4)14-16;/h7-12,14,17,26H,5-6,13,15H2,1-4H3,(H2,21,22,23);1H. The van der Waals surface area contributed by atoms with Crippen LogP contribution in [0.25, 0.3) is 0 Å². The van der Waals surface area contributed by atoms with Gasteiger partial charge in [0.15, 0.2) is 5.96 Å². The molecule has 156 valence electrons. The number of para-hydroxylation sites is 1. The van der Waals surface area contributed by atoms with Gasteiger partial charge in [0.1, 0.15) is 17.5 Å². The van der Waals surface area contributed by atoms with Gasteiger partial charge in [0.05, 0.1) is 19.3 Å². The summed E-state index contributed by atoms with van der Waals surface area (Å²) in [5.41, 5.74) is -0.343. The van der Waals surface area contributed by atoms with E-state index in [1.165, 1.54) is 0 Å². The second-order valence-electron chi connectivity index (χ2n) is 6.71. The van der Waals surface area contributed by atoms with E-state index in [9.17, 15) is 5.11 Å². The predicted molar refractivity (Wildman–Crippen MR) is 123 cm³/mol. The molecule has 28 heavy (non-hydrogen) atoms. The number of hydrogen-bond donors (Lipinski definition) is 3. The molecule has 0 amide bonds. The Morgan fingerprint density at radius 1 is 1.29 bits per heavy atom. The smallest absolute Gasteiger partial charge is 0.191 e. The van der Waals surface area contributed by atoms with E-state index in [-0.39, 0.29) is 36.6 Å². The molecule has 0 saturated carbocycles. The normalized spacial score (nSPS) is 14.5. The van der Waals surface area contributed by atoms with Gasteiger partial charge in [0.25, 0.3) is 0 Å². The molecule has 0 spiro atoms.